The molecule has 0 spiro atoms. The number of thioether (sulfide) groups is 1. The second-order valence-electron chi connectivity index (χ2n) is 7.38. The van der Waals surface area contributed by atoms with Gasteiger partial charge in [-0.2, -0.15) is 0 Å². The quantitative estimate of drug-likeness (QED) is 0.176. The number of hydrogen-bond acceptors (Lipinski definition) is 8. The van der Waals surface area contributed by atoms with Crippen molar-refractivity contribution < 1.29 is 4.92 Å². The lowest BCUT2D eigenvalue weighted by Gasteiger charge is -2.14. The summed E-state index contributed by atoms with van der Waals surface area (Å²) in [5.41, 5.74) is 3.38. The first-order valence-electron chi connectivity index (χ1n) is 10.0. The minimum absolute atomic E-state index is 0.00157. The number of nitro benzene ring substituents is 1. The molecule has 0 aliphatic heterocycles. The van der Waals surface area contributed by atoms with E-state index in [1.165, 1.54) is 30.2 Å². The van der Waals surface area contributed by atoms with Crippen LogP contribution in [0.2, 0.25) is 0 Å². The summed E-state index contributed by atoms with van der Waals surface area (Å²) >= 11 is 1.43. The van der Waals surface area contributed by atoms with Crippen molar-refractivity contribution in [2.75, 3.05) is 0 Å². The molecule has 0 fully saturated rings. The van der Waals surface area contributed by atoms with Crippen LogP contribution >= 0.6 is 11.8 Å². The molecule has 11 heteroatoms. The van der Waals surface area contributed by atoms with Crippen molar-refractivity contribution >= 4 is 39.5 Å². The van der Waals surface area contributed by atoms with Crippen LogP contribution in [-0.4, -0.2) is 34.4 Å². The zero-order valence-electron chi connectivity index (χ0n) is 17.4. The fraction of sp³-hybridized carbons (Fsp3) is 0.136. The maximum atomic E-state index is 13.5. The number of aromatic amines is 1. The number of aromatic nitrogens is 6. The predicted octanol–water partition coefficient (Wildman–Crippen LogP) is 3.62. The van der Waals surface area contributed by atoms with E-state index in [1.807, 2.05) is 25.1 Å². The molecule has 164 valence electrons. The first-order chi connectivity index (χ1) is 16.0. The Morgan fingerprint density at radius 3 is 2.73 bits per heavy atom. The lowest BCUT2D eigenvalue weighted by Crippen LogP contribution is -2.26. The molecule has 1 N–H and O–H groups in total. The molecule has 10 nitrogen and oxygen atoms in total. The molecule has 0 unspecified atom stereocenters. The molecular weight excluding hydrogens is 442 g/mol. The standard InChI is InChI=1S/C22H17N7O3S/c1-13-3-2-4-16-18(13)22(30)28(9-14-5-7-15(8-6-14)29(31)32)17(27-16)10-33-21-19-20(24-11-23-19)25-12-26-21/h2-8,11-12H,9-10H2,1H3,(H,23,24,25,26). The average molecular weight is 459 g/mol. The Hall–Kier alpha value is -4.12. The van der Waals surface area contributed by atoms with Gasteiger partial charge in [0.25, 0.3) is 11.2 Å². The van der Waals surface area contributed by atoms with Crippen molar-refractivity contribution in [3.63, 3.8) is 0 Å². The number of nitro groups is 1. The number of fused-ring (bicyclic) bond motifs is 2. The van der Waals surface area contributed by atoms with Gasteiger partial charge in [0.2, 0.25) is 0 Å². The second kappa shape index (κ2) is 8.43. The first-order valence-corrected chi connectivity index (χ1v) is 11.0. The predicted molar refractivity (Wildman–Crippen MR) is 124 cm³/mol. The highest BCUT2D eigenvalue weighted by Gasteiger charge is 2.16. The van der Waals surface area contributed by atoms with Crippen LogP contribution in [-0.2, 0) is 12.3 Å². The molecule has 0 radical (unpaired) electrons. The minimum Gasteiger partial charge on any atom is -0.341 e. The second-order valence-corrected chi connectivity index (χ2v) is 8.34. The summed E-state index contributed by atoms with van der Waals surface area (Å²) in [6.07, 6.45) is 3.01. The van der Waals surface area contributed by atoms with Gasteiger partial charge in [-0.15, -0.1) is 0 Å². The molecule has 3 aromatic heterocycles. The zero-order valence-corrected chi connectivity index (χ0v) is 18.2. The van der Waals surface area contributed by atoms with Gasteiger partial charge in [-0.3, -0.25) is 19.5 Å². The summed E-state index contributed by atoms with van der Waals surface area (Å²) < 4.78 is 1.62. The lowest BCUT2D eigenvalue weighted by atomic mass is 10.1. The third kappa shape index (κ3) is 3.94. The van der Waals surface area contributed by atoms with Gasteiger partial charge in [-0.05, 0) is 24.1 Å². The Kier molecular flexibility index (Phi) is 5.31. The van der Waals surface area contributed by atoms with Crippen molar-refractivity contribution in [1.29, 1.82) is 0 Å². The van der Waals surface area contributed by atoms with Crippen LogP contribution < -0.4 is 5.56 Å². The summed E-state index contributed by atoms with van der Waals surface area (Å²) in [6.45, 7) is 2.12. The molecule has 0 atom stereocenters. The number of non-ortho nitro benzene ring substituents is 1. The summed E-state index contributed by atoms with van der Waals surface area (Å²) in [5.74, 6) is 0.963. The van der Waals surface area contributed by atoms with Crippen LogP contribution in [0.3, 0.4) is 0 Å². The zero-order chi connectivity index (χ0) is 22.9. The monoisotopic (exact) mass is 459 g/mol. The van der Waals surface area contributed by atoms with Gasteiger partial charge in [0.15, 0.2) is 5.65 Å². The SMILES string of the molecule is Cc1cccc2nc(CSc3ncnc4nc[nH]c34)n(Cc3ccc([N+](=O)[O-])cc3)c(=O)c12. The van der Waals surface area contributed by atoms with E-state index >= 15 is 0 Å². The number of H-pyrrole nitrogens is 1. The fourth-order valence-electron chi connectivity index (χ4n) is 3.64. The van der Waals surface area contributed by atoms with E-state index in [2.05, 4.69) is 19.9 Å². The van der Waals surface area contributed by atoms with Crippen LogP contribution in [0.25, 0.3) is 22.1 Å². The average Bonchev–Trinajstić information content (AvgIpc) is 3.29. The highest BCUT2D eigenvalue weighted by Crippen LogP contribution is 2.26. The number of nitrogens with one attached hydrogen (secondary N) is 1. The summed E-state index contributed by atoms with van der Waals surface area (Å²) in [4.78, 5) is 44.5. The van der Waals surface area contributed by atoms with Crippen LogP contribution in [0, 0.1) is 17.0 Å². The molecule has 0 aliphatic carbocycles. The first kappa shape index (κ1) is 20.8. The van der Waals surface area contributed by atoms with E-state index in [1.54, 1.807) is 23.0 Å². The summed E-state index contributed by atoms with van der Waals surface area (Å²) in [7, 11) is 0. The van der Waals surface area contributed by atoms with Gasteiger partial charge in [-0.1, -0.05) is 36.0 Å². The smallest absolute Gasteiger partial charge is 0.269 e. The number of aryl methyl sites for hydroxylation is 1. The van der Waals surface area contributed by atoms with Crippen LogP contribution in [0.4, 0.5) is 5.69 Å². The number of nitrogens with zero attached hydrogens (tertiary/aromatic N) is 6. The van der Waals surface area contributed by atoms with E-state index in [4.69, 9.17) is 4.98 Å². The molecule has 0 bridgehead atoms. The molecule has 0 amide bonds. The Morgan fingerprint density at radius 1 is 1.12 bits per heavy atom. The highest BCUT2D eigenvalue weighted by molar-refractivity contribution is 7.98. The van der Waals surface area contributed by atoms with Crippen molar-refractivity contribution in [2.45, 2.75) is 24.2 Å². The molecule has 0 saturated heterocycles. The molecule has 0 aliphatic rings. The van der Waals surface area contributed by atoms with E-state index in [-0.39, 0.29) is 17.8 Å². The van der Waals surface area contributed by atoms with Gasteiger partial charge in [0.05, 0.1) is 34.5 Å². The van der Waals surface area contributed by atoms with Crippen LogP contribution in [0.5, 0.6) is 0 Å². The number of imidazole rings is 1. The van der Waals surface area contributed by atoms with Crippen molar-refractivity contribution in [3.8, 4) is 0 Å². The van der Waals surface area contributed by atoms with Crippen LogP contribution in [0.1, 0.15) is 17.0 Å². The maximum Gasteiger partial charge on any atom is 0.269 e. The van der Waals surface area contributed by atoms with E-state index in [9.17, 15) is 14.9 Å². The van der Waals surface area contributed by atoms with E-state index in [0.717, 1.165) is 16.6 Å². The largest absolute Gasteiger partial charge is 0.341 e. The Balaban J connectivity index is 1.56. The molecular formula is C22H17N7O3S. The number of rotatable bonds is 6. The number of hydrogen-bond donors (Lipinski definition) is 1. The Bertz CT molecular complexity index is 1560. The molecule has 3 heterocycles. The normalized spacial score (nSPS) is 11.3. The third-order valence-corrected chi connectivity index (χ3v) is 6.27. The lowest BCUT2D eigenvalue weighted by molar-refractivity contribution is -0.384. The molecule has 2 aromatic carbocycles. The summed E-state index contributed by atoms with van der Waals surface area (Å²) in [5, 5.41) is 12.2. The third-order valence-electron chi connectivity index (χ3n) is 5.28. The van der Waals surface area contributed by atoms with E-state index < -0.39 is 4.92 Å². The fourth-order valence-corrected chi connectivity index (χ4v) is 4.54. The van der Waals surface area contributed by atoms with Crippen molar-refractivity contribution in [2.24, 2.45) is 0 Å². The molecule has 33 heavy (non-hydrogen) atoms. The molecule has 5 rings (SSSR count). The molecule has 5 aromatic rings. The van der Waals surface area contributed by atoms with Gasteiger partial charge in [0.1, 0.15) is 22.7 Å². The Morgan fingerprint density at radius 2 is 1.94 bits per heavy atom. The van der Waals surface area contributed by atoms with Gasteiger partial charge < -0.3 is 4.98 Å². The summed E-state index contributed by atoms with van der Waals surface area (Å²) in [6, 6.07) is 11.8. The topological polar surface area (TPSA) is 132 Å². The van der Waals surface area contributed by atoms with Crippen molar-refractivity contribution in [3.05, 3.63) is 92.5 Å². The van der Waals surface area contributed by atoms with Crippen LogP contribution in [0.15, 0.2) is 64.9 Å². The van der Waals surface area contributed by atoms with E-state index in [0.29, 0.717) is 33.2 Å². The van der Waals surface area contributed by atoms with Gasteiger partial charge >= 0.3 is 0 Å². The molecule has 0 saturated carbocycles. The highest BCUT2D eigenvalue weighted by atomic mass is 32.2. The number of benzene rings is 2. The maximum absolute atomic E-state index is 13.5. The Labute approximate surface area is 190 Å². The minimum atomic E-state index is -0.448. The van der Waals surface area contributed by atoms with Gasteiger partial charge in [0, 0.05) is 12.1 Å². The van der Waals surface area contributed by atoms with Crippen molar-refractivity contribution in [1.82, 2.24) is 29.5 Å². The van der Waals surface area contributed by atoms with Gasteiger partial charge in [-0.25, -0.2) is 19.9 Å².